The van der Waals surface area contributed by atoms with Crippen LogP contribution in [0.1, 0.15) is 60.4 Å². The fourth-order valence-corrected chi connectivity index (χ4v) is 5.42. The molecular weight excluding hydrogens is 546 g/mol. The Bertz CT molecular complexity index is 1450. The smallest absolute Gasteiger partial charge is 0.242 e. The molecule has 2 N–H and O–H groups in total. The van der Waals surface area contributed by atoms with E-state index in [2.05, 4.69) is 26.1 Å². The van der Waals surface area contributed by atoms with Crippen LogP contribution >= 0.6 is 11.9 Å². The van der Waals surface area contributed by atoms with E-state index in [0.29, 0.717) is 29.4 Å². The molecule has 1 aromatic heterocycles. The number of carbonyl (C=O) groups is 2. The summed E-state index contributed by atoms with van der Waals surface area (Å²) in [4.78, 5) is 34.9. The number of nitrogens with zero attached hydrogens (tertiary/aromatic N) is 4. The van der Waals surface area contributed by atoms with E-state index in [-0.39, 0.29) is 23.9 Å². The third-order valence-electron chi connectivity index (χ3n) is 6.93. The zero-order valence-electron chi connectivity index (χ0n) is 22.6. The highest BCUT2D eigenvalue weighted by atomic mass is 32.2. The molecule has 0 bridgehead atoms. The van der Waals surface area contributed by atoms with Crippen LogP contribution in [0.5, 0.6) is 0 Å². The minimum atomic E-state index is -1.21. The molecule has 2 amide bonds. The van der Waals surface area contributed by atoms with Gasteiger partial charge in [-0.25, -0.2) is 13.8 Å². The number of anilines is 1. The molecule has 11 heteroatoms. The SMILES string of the molecule is Cc1ccc(N(Cc2ccc(C3CCCCC3)cn2)C(=O)CNSc2cc(F)c(F)c(C#N)c2)cc1/N=C\NC=O. The van der Waals surface area contributed by atoms with Crippen LogP contribution < -0.4 is 14.9 Å². The third-order valence-corrected chi connectivity index (χ3v) is 7.69. The van der Waals surface area contributed by atoms with Gasteiger partial charge in [0.15, 0.2) is 11.6 Å². The largest absolute Gasteiger partial charge is 0.319 e. The first-order chi connectivity index (χ1) is 19.9. The second kappa shape index (κ2) is 14.5. The van der Waals surface area contributed by atoms with Gasteiger partial charge in [0, 0.05) is 16.8 Å². The number of aryl methyl sites for hydroxylation is 1. The Kier molecular flexibility index (Phi) is 10.5. The lowest BCUT2D eigenvalue weighted by Gasteiger charge is -2.24. The number of halogens is 2. The summed E-state index contributed by atoms with van der Waals surface area (Å²) in [5.41, 5.74) is 3.49. The Morgan fingerprint density at radius 1 is 1.20 bits per heavy atom. The molecule has 1 fully saturated rings. The number of aromatic nitrogens is 1. The fraction of sp³-hybridized carbons (Fsp3) is 0.300. The molecule has 1 aliphatic carbocycles. The van der Waals surface area contributed by atoms with Crippen molar-refractivity contribution < 1.29 is 18.4 Å². The van der Waals surface area contributed by atoms with Gasteiger partial charge in [-0.1, -0.05) is 31.4 Å². The molecule has 0 spiro atoms. The predicted octanol–water partition coefficient (Wildman–Crippen LogP) is 5.82. The van der Waals surface area contributed by atoms with Crippen molar-refractivity contribution >= 4 is 42.0 Å². The Morgan fingerprint density at radius 2 is 2.00 bits per heavy atom. The van der Waals surface area contributed by atoms with Gasteiger partial charge in [-0.05, 0) is 79.1 Å². The van der Waals surface area contributed by atoms with E-state index in [9.17, 15) is 18.4 Å². The van der Waals surface area contributed by atoms with Gasteiger partial charge in [-0.3, -0.25) is 19.3 Å². The van der Waals surface area contributed by atoms with E-state index in [4.69, 9.17) is 5.26 Å². The molecule has 1 heterocycles. The van der Waals surface area contributed by atoms with Crippen molar-refractivity contribution in [2.75, 3.05) is 11.4 Å². The van der Waals surface area contributed by atoms with Gasteiger partial charge in [0.25, 0.3) is 0 Å². The topological polar surface area (TPSA) is 110 Å². The second-order valence-corrected chi connectivity index (χ2v) is 10.7. The van der Waals surface area contributed by atoms with Gasteiger partial charge < -0.3 is 10.2 Å². The summed E-state index contributed by atoms with van der Waals surface area (Å²) in [6, 6.07) is 13.2. The van der Waals surface area contributed by atoms with Gasteiger partial charge in [0.1, 0.15) is 6.07 Å². The molecule has 3 aromatic rings. The Balaban J connectivity index is 1.54. The number of benzene rings is 2. The van der Waals surface area contributed by atoms with Crippen molar-refractivity contribution in [3.63, 3.8) is 0 Å². The van der Waals surface area contributed by atoms with Gasteiger partial charge in [-0.15, -0.1) is 0 Å². The van der Waals surface area contributed by atoms with E-state index in [1.807, 2.05) is 25.3 Å². The number of pyridine rings is 1. The summed E-state index contributed by atoms with van der Waals surface area (Å²) in [6.45, 7) is 1.91. The predicted molar refractivity (Wildman–Crippen MR) is 155 cm³/mol. The minimum Gasteiger partial charge on any atom is -0.319 e. The summed E-state index contributed by atoms with van der Waals surface area (Å²) in [6.07, 6.45) is 9.72. The first kappa shape index (κ1) is 29.8. The molecule has 41 heavy (non-hydrogen) atoms. The molecule has 1 saturated carbocycles. The van der Waals surface area contributed by atoms with Gasteiger partial charge in [-0.2, -0.15) is 5.26 Å². The molecular formula is C30H30F2N6O2S. The minimum absolute atomic E-state index is 0.148. The Morgan fingerprint density at radius 3 is 2.71 bits per heavy atom. The zero-order chi connectivity index (χ0) is 29.2. The number of nitriles is 1. The van der Waals surface area contributed by atoms with E-state index in [0.717, 1.165) is 36.4 Å². The van der Waals surface area contributed by atoms with Gasteiger partial charge in [0.2, 0.25) is 12.3 Å². The molecule has 4 rings (SSSR count). The average molecular weight is 577 g/mol. The summed E-state index contributed by atoms with van der Waals surface area (Å²) < 4.78 is 30.4. The second-order valence-electron chi connectivity index (χ2n) is 9.71. The number of nitrogens with one attached hydrogen (secondary N) is 2. The van der Waals surface area contributed by atoms with E-state index in [1.54, 1.807) is 23.1 Å². The quantitative estimate of drug-likeness (QED) is 0.129. The molecule has 8 nitrogen and oxygen atoms in total. The molecule has 2 aromatic carbocycles. The summed E-state index contributed by atoms with van der Waals surface area (Å²) in [7, 11) is 0. The summed E-state index contributed by atoms with van der Waals surface area (Å²) in [5.74, 6) is -2.13. The van der Waals surface area contributed by atoms with Crippen LogP contribution in [-0.4, -0.2) is 30.2 Å². The van der Waals surface area contributed by atoms with Crippen molar-refractivity contribution in [3.05, 3.63) is 82.7 Å². The van der Waals surface area contributed by atoms with Crippen molar-refractivity contribution in [2.45, 2.75) is 56.4 Å². The summed E-state index contributed by atoms with van der Waals surface area (Å²) >= 11 is 0.921. The molecule has 1 aliphatic rings. The highest BCUT2D eigenvalue weighted by Gasteiger charge is 2.20. The average Bonchev–Trinajstić information content (AvgIpc) is 2.99. The third kappa shape index (κ3) is 7.96. The van der Waals surface area contributed by atoms with Crippen molar-refractivity contribution in [1.29, 1.82) is 5.26 Å². The van der Waals surface area contributed by atoms with Crippen LogP contribution in [0.2, 0.25) is 0 Å². The lowest BCUT2D eigenvalue weighted by atomic mass is 9.85. The molecule has 0 atom stereocenters. The highest BCUT2D eigenvalue weighted by Crippen LogP contribution is 2.32. The van der Waals surface area contributed by atoms with Crippen molar-refractivity contribution in [1.82, 2.24) is 15.0 Å². The zero-order valence-corrected chi connectivity index (χ0v) is 23.4. The number of rotatable bonds is 11. The van der Waals surface area contributed by atoms with Crippen LogP contribution in [0.3, 0.4) is 0 Å². The molecule has 0 radical (unpaired) electrons. The molecule has 0 unspecified atom stereocenters. The summed E-state index contributed by atoms with van der Waals surface area (Å²) in [5, 5.41) is 11.4. The lowest BCUT2D eigenvalue weighted by Crippen LogP contribution is -2.36. The Labute approximate surface area is 242 Å². The van der Waals surface area contributed by atoms with E-state index in [1.165, 1.54) is 37.2 Å². The molecule has 0 aliphatic heterocycles. The fourth-order valence-electron chi connectivity index (χ4n) is 4.72. The van der Waals surface area contributed by atoms with E-state index >= 15 is 0 Å². The van der Waals surface area contributed by atoms with Crippen LogP contribution in [0, 0.1) is 29.9 Å². The van der Waals surface area contributed by atoms with Crippen molar-refractivity contribution in [2.24, 2.45) is 4.99 Å². The van der Waals surface area contributed by atoms with Gasteiger partial charge in [0.05, 0.1) is 36.4 Å². The number of hydrogen-bond donors (Lipinski definition) is 2. The van der Waals surface area contributed by atoms with Crippen LogP contribution in [0.25, 0.3) is 0 Å². The molecule has 212 valence electrons. The Hall–Kier alpha value is -4.14. The van der Waals surface area contributed by atoms with Crippen LogP contribution in [0.15, 0.2) is 58.5 Å². The number of carbonyl (C=O) groups excluding carboxylic acids is 2. The number of hydrogen-bond acceptors (Lipinski definition) is 7. The normalized spacial score (nSPS) is 13.6. The first-order valence-electron chi connectivity index (χ1n) is 13.3. The van der Waals surface area contributed by atoms with Gasteiger partial charge >= 0.3 is 0 Å². The number of amides is 2. The van der Waals surface area contributed by atoms with Crippen LogP contribution in [-0.2, 0) is 16.1 Å². The van der Waals surface area contributed by atoms with Crippen molar-refractivity contribution in [3.8, 4) is 6.07 Å². The monoisotopic (exact) mass is 576 g/mol. The standard InChI is InChI=1S/C30H30F2N6O2S/c1-20-7-10-25(12-28(20)36-18-34-19-39)38(17-24-9-8-22(15-35-24)21-5-3-2-4-6-21)29(40)16-37-41-26-11-23(14-33)30(32)27(31)13-26/h7-13,15,18-19,21,37H,2-6,16-17H2,1H3,(H,34,36,39). The van der Waals surface area contributed by atoms with E-state index < -0.39 is 17.2 Å². The maximum absolute atomic E-state index is 13.8. The maximum Gasteiger partial charge on any atom is 0.242 e. The molecule has 0 saturated heterocycles. The highest BCUT2D eigenvalue weighted by molar-refractivity contribution is 7.97. The number of aliphatic imine (C=N–C) groups is 1. The van der Waals surface area contributed by atoms with Crippen LogP contribution in [0.4, 0.5) is 20.2 Å². The maximum atomic E-state index is 13.8. The first-order valence-corrected chi connectivity index (χ1v) is 14.1. The lowest BCUT2D eigenvalue weighted by molar-refractivity contribution is -0.117.